The molecule has 3 heteroatoms. The first-order valence-electron chi connectivity index (χ1n) is 8.13. The normalized spacial score (nSPS) is 17.7. The molecule has 1 aliphatic carbocycles. The van der Waals surface area contributed by atoms with Gasteiger partial charge in [-0.3, -0.25) is 0 Å². The van der Waals surface area contributed by atoms with Gasteiger partial charge in [-0.25, -0.2) is 0 Å². The molecule has 0 spiro atoms. The van der Waals surface area contributed by atoms with Gasteiger partial charge in [-0.2, -0.15) is 0 Å². The summed E-state index contributed by atoms with van der Waals surface area (Å²) in [5.41, 5.74) is 0. The molecule has 3 nitrogen and oxygen atoms in total. The number of likely N-dealkylation sites (N-methyl/N-ethyl adjacent to an activating group) is 1. The zero-order chi connectivity index (χ0) is 14.3. The van der Waals surface area contributed by atoms with Crippen LogP contribution in [0.1, 0.15) is 40.0 Å². The fourth-order valence-electron chi connectivity index (χ4n) is 2.60. The largest absolute Gasteiger partial charge is 0.312 e. The summed E-state index contributed by atoms with van der Waals surface area (Å²) in [7, 11) is 4.34. The van der Waals surface area contributed by atoms with E-state index in [2.05, 4.69) is 50.0 Å². The standard InChI is InChI=1S/C16H35N3/c1-6-9-17-16(15-7-8-15)13-19(12-14(2)3)11-10-18(4)5/h14-17H,6-13H2,1-5H3. The molecule has 19 heavy (non-hydrogen) atoms. The minimum Gasteiger partial charge on any atom is -0.312 e. The van der Waals surface area contributed by atoms with Gasteiger partial charge in [0.2, 0.25) is 0 Å². The third kappa shape index (κ3) is 7.91. The molecule has 114 valence electrons. The Morgan fingerprint density at radius 2 is 1.79 bits per heavy atom. The lowest BCUT2D eigenvalue weighted by Crippen LogP contribution is -2.45. The Morgan fingerprint density at radius 1 is 1.11 bits per heavy atom. The second-order valence-electron chi connectivity index (χ2n) is 6.85. The van der Waals surface area contributed by atoms with Gasteiger partial charge in [-0.1, -0.05) is 20.8 Å². The third-order valence-electron chi connectivity index (χ3n) is 3.79. The zero-order valence-corrected chi connectivity index (χ0v) is 13.8. The first-order chi connectivity index (χ1) is 9.02. The Morgan fingerprint density at radius 3 is 2.26 bits per heavy atom. The number of nitrogens with zero attached hydrogens (tertiary/aromatic N) is 2. The Bertz CT molecular complexity index is 224. The topological polar surface area (TPSA) is 18.5 Å². The molecule has 1 unspecified atom stereocenters. The maximum absolute atomic E-state index is 3.77. The van der Waals surface area contributed by atoms with E-state index in [1.807, 2.05) is 0 Å². The molecule has 1 N–H and O–H groups in total. The Kier molecular flexibility index (Phi) is 7.96. The molecule has 0 radical (unpaired) electrons. The molecule has 0 saturated heterocycles. The van der Waals surface area contributed by atoms with Crippen LogP contribution in [-0.2, 0) is 0 Å². The first-order valence-corrected chi connectivity index (χ1v) is 8.13. The summed E-state index contributed by atoms with van der Waals surface area (Å²) in [6, 6.07) is 0.723. The Labute approximate surface area is 120 Å². The molecular weight excluding hydrogens is 234 g/mol. The van der Waals surface area contributed by atoms with E-state index in [1.54, 1.807) is 0 Å². The molecule has 0 heterocycles. The summed E-state index contributed by atoms with van der Waals surface area (Å²) in [5, 5.41) is 3.77. The van der Waals surface area contributed by atoms with Crippen LogP contribution in [-0.4, -0.2) is 62.7 Å². The summed E-state index contributed by atoms with van der Waals surface area (Å²) < 4.78 is 0. The highest BCUT2D eigenvalue weighted by atomic mass is 15.2. The average molecular weight is 269 g/mol. The molecule has 1 fully saturated rings. The highest BCUT2D eigenvalue weighted by Crippen LogP contribution is 2.33. The number of nitrogens with one attached hydrogen (secondary N) is 1. The van der Waals surface area contributed by atoms with Gasteiger partial charge in [0.15, 0.2) is 0 Å². The van der Waals surface area contributed by atoms with Crippen LogP contribution in [0.25, 0.3) is 0 Å². The van der Waals surface area contributed by atoms with Crippen molar-refractivity contribution in [3.63, 3.8) is 0 Å². The van der Waals surface area contributed by atoms with Crippen molar-refractivity contribution >= 4 is 0 Å². The van der Waals surface area contributed by atoms with Crippen LogP contribution in [0.3, 0.4) is 0 Å². The van der Waals surface area contributed by atoms with Gasteiger partial charge in [0, 0.05) is 32.2 Å². The van der Waals surface area contributed by atoms with Crippen molar-refractivity contribution in [1.82, 2.24) is 15.1 Å². The van der Waals surface area contributed by atoms with Gasteiger partial charge in [0.1, 0.15) is 0 Å². The second-order valence-corrected chi connectivity index (χ2v) is 6.85. The predicted octanol–water partition coefficient (Wildman–Crippen LogP) is 2.28. The van der Waals surface area contributed by atoms with Gasteiger partial charge in [0.25, 0.3) is 0 Å². The molecule has 1 saturated carbocycles. The van der Waals surface area contributed by atoms with E-state index >= 15 is 0 Å². The van der Waals surface area contributed by atoms with E-state index in [0.29, 0.717) is 0 Å². The molecular formula is C16H35N3. The van der Waals surface area contributed by atoms with Gasteiger partial charge >= 0.3 is 0 Å². The summed E-state index contributed by atoms with van der Waals surface area (Å²) in [6.45, 7) is 12.9. The molecule has 0 aromatic rings. The summed E-state index contributed by atoms with van der Waals surface area (Å²) in [6.07, 6.45) is 4.11. The summed E-state index contributed by atoms with van der Waals surface area (Å²) in [4.78, 5) is 4.95. The predicted molar refractivity (Wildman–Crippen MR) is 84.6 cm³/mol. The van der Waals surface area contributed by atoms with Crippen molar-refractivity contribution in [1.29, 1.82) is 0 Å². The van der Waals surface area contributed by atoms with Crippen molar-refractivity contribution in [3.05, 3.63) is 0 Å². The van der Waals surface area contributed by atoms with Crippen LogP contribution in [0.2, 0.25) is 0 Å². The number of hydrogen-bond donors (Lipinski definition) is 1. The first kappa shape index (κ1) is 16.9. The third-order valence-corrected chi connectivity index (χ3v) is 3.79. The van der Waals surface area contributed by atoms with Gasteiger partial charge in [0.05, 0.1) is 0 Å². The molecule has 1 rings (SSSR count). The highest BCUT2D eigenvalue weighted by Gasteiger charge is 2.31. The van der Waals surface area contributed by atoms with Crippen LogP contribution < -0.4 is 5.32 Å². The van der Waals surface area contributed by atoms with Crippen LogP contribution in [0.15, 0.2) is 0 Å². The van der Waals surface area contributed by atoms with Crippen LogP contribution >= 0.6 is 0 Å². The summed E-state index contributed by atoms with van der Waals surface area (Å²) >= 11 is 0. The van der Waals surface area contributed by atoms with Gasteiger partial charge < -0.3 is 15.1 Å². The Hall–Kier alpha value is -0.120. The molecule has 1 aliphatic rings. The molecule has 0 aromatic heterocycles. The molecule has 0 bridgehead atoms. The molecule has 0 aromatic carbocycles. The van der Waals surface area contributed by atoms with Crippen molar-refractivity contribution in [2.24, 2.45) is 11.8 Å². The molecule has 1 atom stereocenters. The maximum Gasteiger partial charge on any atom is 0.0223 e. The quantitative estimate of drug-likeness (QED) is 0.621. The minimum absolute atomic E-state index is 0.723. The monoisotopic (exact) mass is 269 g/mol. The van der Waals surface area contributed by atoms with E-state index in [-0.39, 0.29) is 0 Å². The van der Waals surface area contributed by atoms with Gasteiger partial charge in [-0.15, -0.1) is 0 Å². The Balaban J connectivity index is 2.42. The number of hydrogen-bond acceptors (Lipinski definition) is 3. The van der Waals surface area contributed by atoms with Crippen molar-refractivity contribution < 1.29 is 0 Å². The lowest BCUT2D eigenvalue weighted by atomic mass is 10.1. The van der Waals surface area contributed by atoms with Crippen molar-refractivity contribution in [2.75, 3.05) is 46.8 Å². The second kappa shape index (κ2) is 8.93. The zero-order valence-electron chi connectivity index (χ0n) is 13.8. The van der Waals surface area contributed by atoms with E-state index in [9.17, 15) is 0 Å². The van der Waals surface area contributed by atoms with Crippen LogP contribution in [0, 0.1) is 11.8 Å². The molecule has 0 aliphatic heterocycles. The lowest BCUT2D eigenvalue weighted by molar-refractivity contribution is 0.191. The van der Waals surface area contributed by atoms with Crippen LogP contribution in [0.5, 0.6) is 0 Å². The van der Waals surface area contributed by atoms with Crippen molar-refractivity contribution in [2.45, 2.75) is 46.1 Å². The van der Waals surface area contributed by atoms with Crippen LogP contribution in [0.4, 0.5) is 0 Å². The van der Waals surface area contributed by atoms with Gasteiger partial charge in [-0.05, 0) is 51.7 Å². The summed E-state index contributed by atoms with van der Waals surface area (Å²) in [5.74, 6) is 1.70. The lowest BCUT2D eigenvalue weighted by Gasteiger charge is -2.30. The minimum atomic E-state index is 0.723. The smallest absolute Gasteiger partial charge is 0.0223 e. The van der Waals surface area contributed by atoms with E-state index in [1.165, 1.54) is 45.4 Å². The molecule has 0 amide bonds. The number of rotatable bonds is 11. The fraction of sp³-hybridized carbons (Fsp3) is 1.00. The maximum atomic E-state index is 3.77. The van der Waals surface area contributed by atoms with E-state index in [0.717, 1.165) is 24.4 Å². The van der Waals surface area contributed by atoms with E-state index < -0.39 is 0 Å². The average Bonchev–Trinajstić information content (AvgIpc) is 3.14. The SMILES string of the molecule is CCCNC(CN(CCN(C)C)CC(C)C)C1CC1. The van der Waals surface area contributed by atoms with Crippen molar-refractivity contribution in [3.8, 4) is 0 Å². The fourth-order valence-corrected chi connectivity index (χ4v) is 2.60. The highest BCUT2D eigenvalue weighted by molar-refractivity contribution is 4.88. The van der Waals surface area contributed by atoms with E-state index in [4.69, 9.17) is 0 Å².